The Labute approximate surface area is 129 Å². The fourth-order valence-electron chi connectivity index (χ4n) is 2.19. The van der Waals surface area contributed by atoms with Gasteiger partial charge in [-0.05, 0) is 12.1 Å². The smallest absolute Gasteiger partial charge is 0.328 e. The van der Waals surface area contributed by atoms with Crippen LogP contribution in [-0.4, -0.2) is 62.7 Å². The Morgan fingerprint density at radius 2 is 2.00 bits per heavy atom. The molecule has 0 unspecified atom stereocenters. The Morgan fingerprint density at radius 3 is 2.57 bits per heavy atom. The van der Waals surface area contributed by atoms with Crippen LogP contribution in [0.1, 0.15) is 5.56 Å². The number of aliphatic hydroxyl groups excluding tert-OH is 4. The molecule has 124 valence electrons. The molecule has 0 spiro atoms. The first-order chi connectivity index (χ1) is 10.9. The summed E-state index contributed by atoms with van der Waals surface area (Å²) in [4.78, 5) is 10.3. The number of hydrogen-bond acceptors (Lipinski definition) is 9. The summed E-state index contributed by atoms with van der Waals surface area (Å²) < 4.78 is 10.3. The van der Waals surface area contributed by atoms with Crippen LogP contribution in [0.3, 0.4) is 0 Å². The Kier molecular flexibility index (Phi) is 5.09. The quantitative estimate of drug-likeness (QED) is 0.386. The fourth-order valence-corrected chi connectivity index (χ4v) is 2.19. The zero-order valence-corrected chi connectivity index (χ0v) is 11.6. The van der Waals surface area contributed by atoms with Crippen molar-refractivity contribution in [2.75, 3.05) is 6.61 Å². The van der Waals surface area contributed by atoms with E-state index in [0.29, 0.717) is 0 Å². The summed E-state index contributed by atoms with van der Waals surface area (Å²) in [6, 6.07) is 5.40. The Morgan fingerprint density at radius 1 is 1.30 bits per heavy atom. The van der Waals surface area contributed by atoms with Gasteiger partial charge < -0.3 is 29.9 Å². The standard InChI is InChI=1S/C13H14N2O8/c14-4-6-2-1-3-7(9(6)15(20)21)22-13-12(19)11(18)10(17)8(5-16)23-13/h1-3,8,10-13,16-19H,5H2/t8-,10+,11+,12-,13-/m1/s1. The molecule has 23 heavy (non-hydrogen) atoms. The van der Waals surface area contributed by atoms with Gasteiger partial charge >= 0.3 is 5.69 Å². The summed E-state index contributed by atoms with van der Waals surface area (Å²) in [6.07, 6.45) is -7.74. The van der Waals surface area contributed by atoms with Crippen molar-refractivity contribution in [3.8, 4) is 11.8 Å². The molecular weight excluding hydrogens is 312 g/mol. The summed E-state index contributed by atoms with van der Waals surface area (Å²) in [6.45, 7) is -0.662. The molecule has 2 rings (SSSR count). The third kappa shape index (κ3) is 3.24. The molecule has 10 heteroatoms. The first-order valence-corrected chi connectivity index (χ1v) is 6.55. The second kappa shape index (κ2) is 6.86. The molecule has 1 fully saturated rings. The molecule has 0 aliphatic carbocycles. The summed E-state index contributed by atoms with van der Waals surface area (Å²) in [7, 11) is 0. The van der Waals surface area contributed by atoms with Gasteiger partial charge in [-0.15, -0.1) is 0 Å². The summed E-state index contributed by atoms with van der Waals surface area (Å²) >= 11 is 0. The van der Waals surface area contributed by atoms with E-state index in [-0.39, 0.29) is 11.3 Å². The zero-order valence-electron chi connectivity index (χ0n) is 11.6. The fraction of sp³-hybridized carbons (Fsp3) is 0.462. The molecule has 1 aliphatic heterocycles. The maximum atomic E-state index is 11.1. The second-order valence-electron chi connectivity index (χ2n) is 4.84. The molecule has 1 heterocycles. The van der Waals surface area contributed by atoms with Crippen LogP contribution in [0.5, 0.6) is 5.75 Å². The number of hydrogen-bond donors (Lipinski definition) is 4. The number of nitro groups is 1. The lowest BCUT2D eigenvalue weighted by Gasteiger charge is -2.39. The number of para-hydroxylation sites is 1. The highest BCUT2D eigenvalue weighted by Gasteiger charge is 2.45. The molecule has 0 saturated carbocycles. The van der Waals surface area contributed by atoms with Crippen molar-refractivity contribution in [3.63, 3.8) is 0 Å². The topological polar surface area (TPSA) is 166 Å². The minimum atomic E-state index is -1.71. The van der Waals surface area contributed by atoms with Gasteiger partial charge in [-0.2, -0.15) is 5.26 Å². The van der Waals surface area contributed by atoms with E-state index in [9.17, 15) is 25.4 Å². The summed E-state index contributed by atoms with van der Waals surface area (Å²) in [5, 5.41) is 58.3. The minimum absolute atomic E-state index is 0.253. The second-order valence-corrected chi connectivity index (χ2v) is 4.84. The third-order valence-corrected chi connectivity index (χ3v) is 3.39. The van der Waals surface area contributed by atoms with Crippen molar-refractivity contribution >= 4 is 5.69 Å². The SMILES string of the molecule is N#Cc1cccc(O[C@@H]2O[C@H](CO)[C@H](O)[C@H](O)[C@H]2O)c1[N+](=O)[O-]. The van der Waals surface area contributed by atoms with E-state index < -0.39 is 47.9 Å². The van der Waals surface area contributed by atoms with Crippen LogP contribution in [0, 0.1) is 21.4 Å². The first-order valence-electron chi connectivity index (χ1n) is 6.55. The third-order valence-electron chi connectivity index (χ3n) is 3.39. The average molecular weight is 326 g/mol. The summed E-state index contributed by atoms with van der Waals surface area (Å²) in [5.74, 6) is -0.349. The highest BCUT2D eigenvalue weighted by molar-refractivity contribution is 5.58. The van der Waals surface area contributed by atoms with Crippen LogP contribution in [0.25, 0.3) is 0 Å². The largest absolute Gasteiger partial charge is 0.455 e. The number of ether oxygens (including phenoxy) is 2. The number of nitro benzene ring substituents is 1. The van der Waals surface area contributed by atoms with Crippen LogP contribution in [0.4, 0.5) is 5.69 Å². The Hall–Kier alpha value is -2.29. The van der Waals surface area contributed by atoms with Gasteiger partial charge in [-0.25, -0.2) is 0 Å². The molecule has 1 aromatic carbocycles. The van der Waals surface area contributed by atoms with Gasteiger partial charge in [0.25, 0.3) is 0 Å². The van der Waals surface area contributed by atoms with E-state index in [1.807, 2.05) is 0 Å². The molecule has 0 bridgehead atoms. The molecule has 0 amide bonds. The minimum Gasteiger partial charge on any atom is -0.455 e. The Bertz CT molecular complexity index is 629. The van der Waals surface area contributed by atoms with E-state index in [4.69, 9.17) is 19.8 Å². The van der Waals surface area contributed by atoms with Crippen LogP contribution in [0.15, 0.2) is 18.2 Å². The van der Waals surface area contributed by atoms with Crippen LogP contribution in [-0.2, 0) is 4.74 Å². The van der Waals surface area contributed by atoms with Crippen molar-refractivity contribution in [2.24, 2.45) is 0 Å². The van der Waals surface area contributed by atoms with E-state index in [2.05, 4.69) is 0 Å². The van der Waals surface area contributed by atoms with Crippen molar-refractivity contribution in [1.29, 1.82) is 5.26 Å². The maximum Gasteiger partial charge on any atom is 0.328 e. The van der Waals surface area contributed by atoms with E-state index in [0.717, 1.165) is 0 Å². The zero-order chi connectivity index (χ0) is 17.1. The number of benzene rings is 1. The molecule has 10 nitrogen and oxygen atoms in total. The van der Waals surface area contributed by atoms with Crippen LogP contribution in [0.2, 0.25) is 0 Å². The molecule has 5 atom stereocenters. The monoisotopic (exact) mass is 326 g/mol. The number of rotatable bonds is 4. The predicted molar refractivity (Wildman–Crippen MR) is 72.2 cm³/mol. The molecule has 1 saturated heterocycles. The maximum absolute atomic E-state index is 11.1. The molecule has 0 aromatic heterocycles. The van der Waals surface area contributed by atoms with Gasteiger partial charge in [0.2, 0.25) is 12.0 Å². The van der Waals surface area contributed by atoms with Crippen molar-refractivity contribution in [2.45, 2.75) is 30.7 Å². The normalized spacial score (nSPS) is 30.5. The van der Waals surface area contributed by atoms with Crippen LogP contribution >= 0.6 is 0 Å². The highest BCUT2D eigenvalue weighted by Crippen LogP contribution is 2.33. The van der Waals surface area contributed by atoms with E-state index in [1.165, 1.54) is 18.2 Å². The van der Waals surface area contributed by atoms with Gasteiger partial charge in [0.05, 0.1) is 11.5 Å². The number of nitriles is 1. The van der Waals surface area contributed by atoms with E-state index >= 15 is 0 Å². The lowest BCUT2D eigenvalue weighted by molar-refractivity contribution is -0.387. The molecule has 4 N–H and O–H groups in total. The van der Waals surface area contributed by atoms with E-state index in [1.54, 1.807) is 6.07 Å². The number of aliphatic hydroxyl groups is 4. The van der Waals surface area contributed by atoms with Gasteiger partial charge in [0, 0.05) is 0 Å². The first kappa shape index (κ1) is 17.1. The highest BCUT2D eigenvalue weighted by atomic mass is 16.7. The van der Waals surface area contributed by atoms with Crippen molar-refractivity contribution in [1.82, 2.24) is 0 Å². The predicted octanol–water partition coefficient (Wildman–Crippen LogP) is -1.35. The number of nitrogens with zero attached hydrogens (tertiary/aromatic N) is 2. The van der Waals surface area contributed by atoms with Crippen LogP contribution < -0.4 is 4.74 Å². The lowest BCUT2D eigenvalue weighted by Crippen LogP contribution is -2.60. The van der Waals surface area contributed by atoms with Gasteiger partial charge in [0.1, 0.15) is 36.0 Å². The van der Waals surface area contributed by atoms with Gasteiger partial charge in [-0.3, -0.25) is 10.1 Å². The lowest BCUT2D eigenvalue weighted by atomic mass is 9.99. The Balaban J connectivity index is 2.32. The van der Waals surface area contributed by atoms with Gasteiger partial charge in [0.15, 0.2) is 0 Å². The summed E-state index contributed by atoms with van der Waals surface area (Å²) in [5.41, 5.74) is -0.871. The van der Waals surface area contributed by atoms with Gasteiger partial charge in [-0.1, -0.05) is 6.07 Å². The molecule has 1 aromatic rings. The molecular formula is C13H14N2O8. The van der Waals surface area contributed by atoms with Crippen molar-refractivity contribution < 1.29 is 34.8 Å². The average Bonchev–Trinajstić information content (AvgIpc) is 2.54. The molecule has 1 aliphatic rings. The molecule has 0 radical (unpaired) electrons. The van der Waals surface area contributed by atoms with Crippen molar-refractivity contribution in [3.05, 3.63) is 33.9 Å².